The van der Waals surface area contributed by atoms with Gasteiger partial charge in [-0.05, 0) is 42.2 Å². The minimum Gasteiger partial charge on any atom is -0.388 e. The lowest BCUT2D eigenvalue weighted by Gasteiger charge is -2.14. The molecule has 2 rings (SSSR count). The van der Waals surface area contributed by atoms with Crippen LogP contribution >= 0.6 is 0 Å². The lowest BCUT2D eigenvalue weighted by atomic mass is 9.97. The van der Waals surface area contributed by atoms with Crippen LogP contribution < -0.4 is 0 Å². The molecule has 0 spiro atoms. The van der Waals surface area contributed by atoms with E-state index >= 15 is 0 Å². The summed E-state index contributed by atoms with van der Waals surface area (Å²) in [4.78, 5) is 0. The van der Waals surface area contributed by atoms with Gasteiger partial charge in [-0.3, -0.25) is 0 Å². The topological polar surface area (TPSA) is 20.2 Å². The summed E-state index contributed by atoms with van der Waals surface area (Å²) in [5.41, 5.74) is 2.50. The second-order valence-corrected chi connectivity index (χ2v) is 5.09. The Labute approximate surface area is 92.1 Å². The minimum absolute atomic E-state index is 0.288. The summed E-state index contributed by atoms with van der Waals surface area (Å²) >= 11 is 0. The summed E-state index contributed by atoms with van der Waals surface area (Å²) in [6, 6.07) is 8.49. The molecule has 1 aromatic rings. The molecule has 1 heteroatoms. The number of hydrogen-bond acceptors (Lipinski definition) is 1. The van der Waals surface area contributed by atoms with Crippen LogP contribution in [0.15, 0.2) is 24.3 Å². The Bertz CT molecular complexity index is 326. The first-order valence-corrected chi connectivity index (χ1v) is 5.94. The quantitative estimate of drug-likeness (QED) is 0.793. The molecular formula is C14H20O. The van der Waals surface area contributed by atoms with Crippen molar-refractivity contribution >= 4 is 0 Å². The van der Waals surface area contributed by atoms with Crippen LogP contribution in [0.25, 0.3) is 0 Å². The van der Waals surface area contributed by atoms with E-state index in [-0.39, 0.29) is 6.10 Å². The first kappa shape index (κ1) is 10.7. The molecule has 0 heterocycles. The largest absolute Gasteiger partial charge is 0.388 e. The fraction of sp³-hybridized carbons (Fsp3) is 0.571. The average molecular weight is 204 g/mol. The first-order chi connectivity index (χ1) is 7.16. The van der Waals surface area contributed by atoms with Gasteiger partial charge < -0.3 is 5.11 Å². The third kappa shape index (κ3) is 2.82. The molecule has 1 saturated carbocycles. The van der Waals surface area contributed by atoms with E-state index in [1.54, 1.807) is 0 Å². The highest BCUT2D eigenvalue weighted by molar-refractivity contribution is 5.30. The van der Waals surface area contributed by atoms with Crippen LogP contribution in [0.5, 0.6) is 0 Å². The van der Waals surface area contributed by atoms with Gasteiger partial charge in [0.1, 0.15) is 0 Å². The third-order valence-electron chi connectivity index (χ3n) is 3.04. The molecule has 0 amide bonds. The van der Waals surface area contributed by atoms with E-state index in [0.717, 1.165) is 17.9 Å². The summed E-state index contributed by atoms with van der Waals surface area (Å²) in [6.07, 6.45) is 3.21. The lowest BCUT2D eigenvalue weighted by molar-refractivity contribution is 0.151. The molecule has 0 radical (unpaired) electrons. The van der Waals surface area contributed by atoms with Crippen molar-refractivity contribution in [3.8, 4) is 0 Å². The second-order valence-electron chi connectivity index (χ2n) is 5.09. The van der Waals surface area contributed by atoms with E-state index in [1.807, 2.05) is 6.07 Å². The van der Waals surface area contributed by atoms with Crippen LogP contribution in [0.4, 0.5) is 0 Å². The van der Waals surface area contributed by atoms with Gasteiger partial charge in [-0.2, -0.15) is 0 Å². The molecule has 0 saturated heterocycles. The van der Waals surface area contributed by atoms with E-state index in [1.165, 1.54) is 18.4 Å². The molecular weight excluding hydrogens is 184 g/mol. The standard InChI is InChI=1S/C14H20O/c1-10(2)8-14(15)13-5-3-4-12(9-13)11-6-7-11/h3-5,9-11,14-15H,6-8H2,1-2H3. The Hall–Kier alpha value is -0.820. The molecule has 1 atom stereocenters. The van der Waals surface area contributed by atoms with Gasteiger partial charge in [0.25, 0.3) is 0 Å². The molecule has 1 N–H and O–H groups in total. The van der Waals surface area contributed by atoms with Crippen molar-refractivity contribution in [2.45, 2.75) is 45.1 Å². The van der Waals surface area contributed by atoms with Crippen LogP contribution in [0.1, 0.15) is 56.3 Å². The van der Waals surface area contributed by atoms with Crippen LogP contribution in [-0.2, 0) is 0 Å². The summed E-state index contributed by atoms with van der Waals surface area (Å²) < 4.78 is 0. The molecule has 1 unspecified atom stereocenters. The molecule has 0 aromatic heterocycles. The molecule has 0 aliphatic heterocycles. The Morgan fingerprint density at radius 3 is 2.67 bits per heavy atom. The predicted octanol–water partition coefficient (Wildman–Crippen LogP) is 3.64. The van der Waals surface area contributed by atoms with Crippen molar-refractivity contribution in [3.05, 3.63) is 35.4 Å². The zero-order valence-electron chi connectivity index (χ0n) is 9.61. The van der Waals surface area contributed by atoms with E-state index < -0.39 is 0 Å². The van der Waals surface area contributed by atoms with Gasteiger partial charge >= 0.3 is 0 Å². The van der Waals surface area contributed by atoms with Crippen molar-refractivity contribution in [2.75, 3.05) is 0 Å². The van der Waals surface area contributed by atoms with Crippen LogP contribution in [-0.4, -0.2) is 5.11 Å². The second kappa shape index (κ2) is 4.36. The van der Waals surface area contributed by atoms with Crippen molar-refractivity contribution in [2.24, 2.45) is 5.92 Å². The maximum atomic E-state index is 10.0. The fourth-order valence-corrected chi connectivity index (χ4v) is 2.02. The monoisotopic (exact) mass is 204 g/mol. The van der Waals surface area contributed by atoms with Gasteiger partial charge in [0.05, 0.1) is 6.10 Å². The molecule has 1 aliphatic rings. The van der Waals surface area contributed by atoms with Crippen molar-refractivity contribution in [1.29, 1.82) is 0 Å². The van der Waals surface area contributed by atoms with E-state index in [4.69, 9.17) is 0 Å². The van der Waals surface area contributed by atoms with Crippen LogP contribution in [0.3, 0.4) is 0 Å². The zero-order chi connectivity index (χ0) is 10.8. The maximum absolute atomic E-state index is 10.0. The molecule has 1 aliphatic carbocycles. The maximum Gasteiger partial charge on any atom is 0.0792 e. The highest BCUT2D eigenvalue weighted by Gasteiger charge is 2.24. The van der Waals surface area contributed by atoms with E-state index in [2.05, 4.69) is 32.0 Å². The van der Waals surface area contributed by atoms with Gasteiger partial charge in [-0.15, -0.1) is 0 Å². The van der Waals surface area contributed by atoms with Gasteiger partial charge in [0, 0.05) is 0 Å². The molecule has 82 valence electrons. The SMILES string of the molecule is CC(C)CC(O)c1cccc(C2CC2)c1. The molecule has 1 fully saturated rings. The third-order valence-corrected chi connectivity index (χ3v) is 3.04. The van der Waals surface area contributed by atoms with E-state index in [0.29, 0.717) is 5.92 Å². The van der Waals surface area contributed by atoms with E-state index in [9.17, 15) is 5.11 Å². The van der Waals surface area contributed by atoms with Gasteiger partial charge in [-0.1, -0.05) is 38.1 Å². The molecule has 15 heavy (non-hydrogen) atoms. The van der Waals surface area contributed by atoms with Gasteiger partial charge in [0.2, 0.25) is 0 Å². The number of hydrogen-bond donors (Lipinski definition) is 1. The smallest absolute Gasteiger partial charge is 0.0792 e. The lowest BCUT2D eigenvalue weighted by Crippen LogP contribution is -2.02. The molecule has 0 bridgehead atoms. The van der Waals surface area contributed by atoms with Crippen LogP contribution in [0.2, 0.25) is 0 Å². The van der Waals surface area contributed by atoms with Gasteiger partial charge in [-0.25, -0.2) is 0 Å². The number of aliphatic hydroxyl groups excluding tert-OH is 1. The summed E-state index contributed by atoms with van der Waals surface area (Å²) in [7, 11) is 0. The Morgan fingerprint density at radius 2 is 2.07 bits per heavy atom. The predicted molar refractivity (Wildman–Crippen MR) is 62.8 cm³/mol. The fourth-order valence-electron chi connectivity index (χ4n) is 2.02. The Morgan fingerprint density at radius 1 is 1.33 bits per heavy atom. The average Bonchev–Trinajstić information content (AvgIpc) is 3.00. The number of benzene rings is 1. The number of rotatable bonds is 4. The van der Waals surface area contributed by atoms with Crippen molar-refractivity contribution in [1.82, 2.24) is 0 Å². The minimum atomic E-state index is -0.288. The summed E-state index contributed by atoms with van der Waals surface area (Å²) in [5, 5.41) is 10.0. The Kier molecular flexibility index (Phi) is 3.11. The molecule has 1 aromatic carbocycles. The highest BCUT2D eigenvalue weighted by atomic mass is 16.3. The zero-order valence-corrected chi connectivity index (χ0v) is 9.61. The van der Waals surface area contributed by atoms with Gasteiger partial charge in [0.15, 0.2) is 0 Å². The van der Waals surface area contributed by atoms with Crippen molar-refractivity contribution < 1.29 is 5.11 Å². The van der Waals surface area contributed by atoms with Crippen molar-refractivity contribution in [3.63, 3.8) is 0 Å². The molecule has 1 nitrogen and oxygen atoms in total. The first-order valence-electron chi connectivity index (χ1n) is 5.94. The highest BCUT2D eigenvalue weighted by Crippen LogP contribution is 2.40. The summed E-state index contributed by atoms with van der Waals surface area (Å²) in [6.45, 7) is 4.29. The summed E-state index contributed by atoms with van der Waals surface area (Å²) in [5.74, 6) is 1.32. The Balaban J connectivity index is 2.09. The van der Waals surface area contributed by atoms with Crippen LogP contribution in [0, 0.1) is 5.92 Å². The normalized spacial score (nSPS) is 18.1. The number of aliphatic hydroxyl groups is 1.